The molecule has 0 atom stereocenters. The molecule has 3 aromatic rings. The zero-order valence-electron chi connectivity index (χ0n) is 17.1. The fraction of sp³-hybridized carbons (Fsp3) is 0.286. The van der Waals surface area contributed by atoms with Gasteiger partial charge in [-0.05, 0) is 18.1 Å². The van der Waals surface area contributed by atoms with Gasteiger partial charge in [-0.3, -0.25) is 14.4 Å². The van der Waals surface area contributed by atoms with Crippen LogP contribution in [0.1, 0.15) is 34.4 Å². The van der Waals surface area contributed by atoms with Crippen molar-refractivity contribution in [1.29, 1.82) is 0 Å². The topological polar surface area (TPSA) is 113 Å². The lowest BCUT2D eigenvalue weighted by Gasteiger charge is -2.26. The van der Waals surface area contributed by atoms with Gasteiger partial charge in [-0.1, -0.05) is 19.1 Å². The van der Waals surface area contributed by atoms with Crippen molar-refractivity contribution in [2.45, 2.75) is 19.9 Å². The lowest BCUT2D eigenvalue weighted by atomic mass is 10.1. The Morgan fingerprint density at radius 1 is 1.32 bits per heavy atom. The van der Waals surface area contributed by atoms with Crippen LogP contribution in [0.5, 0.6) is 0 Å². The minimum absolute atomic E-state index is 0.0931. The number of benzene rings is 1. The van der Waals surface area contributed by atoms with Gasteiger partial charge in [0.15, 0.2) is 5.82 Å². The van der Waals surface area contributed by atoms with Crippen molar-refractivity contribution in [2.75, 3.05) is 20.2 Å². The van der Waals surface area contributed by atoms with Crippen LogP contribution < -0.4 is 10.9 Å². The third kappa shape index (κ3) is 4.21. The molecule has 9 nitrogen and oxygen atoms in total. The first-order chi connectivity index (χ1) is 15.0. The molecule has 0 saturated carbocycles. The molecule has 0 bridgehead atoms. The van der Waals surface area contributed by atoms with Gasteiger partial charge < -0.3 is 10.3 Å². The van der Waals surface area contributed by atoms with Crippen LogP contribution in [0.3, 0.4) is 0 Å². The average molecular weight is 424 g/mol. The Morgan fingerprint density at radius 3 is 2.74 bits per heavy atom. The summed E-state index contributed by atoms with van der Waals surface area (Å²) in [6, 6.07) is 3.34. The minimum atomic E-state index is -0.513. The molecule has 1 aliphatic rings. The summed E-state index contributed by atoms with van der Waals surface area (Å²) < 4.78 is 15.0. The summed E-state index contributed by atoms with van der Waals surface area (Å²) in [6.45, 7) is 2.71. The Hall–Kier alpha value is -3.50. The molecular weight excluding hydrogens is 403 g/mol. The number of aromatic amines is 1. The maximum absolute atomic E-state index is 15.0. The highest BCUT2D eigenvalue weighted by Gasteiger charge is 2.18. The summed E-state index contributed by atoms with van der Waals surface area (Å²) >= 11 is 0. The molecule has 2 aromatic heterocycles. The number of carbonyl (C=O) groups is 1. The zero-order chi connectivity index (χ0) is 22.0. The summed E-state index contributed by atoms with van der Waals surface area (Å²) in [6.07, 6.45) is 5.56. The van der Waals surface area contributed by atoms with Gasteiger partial charge in [0.05, 0.1) is 18.7 Å². The third-order valence-corrected chi connectivity index (χ3v) is 5.03. The van der Waals surface area contributed by atoms with Crippen LogP contribution in [0.15, 0.2) is 35.4 Å². The van der Waals surface area contributed by atoms with Gasteiger partial charge >= 0.3 is 0 Å². The van der Waals surface area contributed by atoms with Gasteiger partial charge in [0.1, 0.15) is 11.2 Å². The maximum atomic E-state index is 15.0. The second-order valence-corrected chi connectivity index (χ2v) is 7.00. The molecule has 0 unspecified atom stereocenters. The molecule has 0 spiro atoms. The first kappa shape index (κ1) is 20.8. The monoisotopic (exact) mass is 424 g/mol. The number of carbonyl (C=O) groups excluding carboxylic acids is 1. The second-order valence-electron chi connectivity index (χ2n) is 7.00. The molecule has 0 fully saturated rings. The quantitative estimate of drug-likeness (QED) is 0.640. The second kappa shape index (κ2) is 8.70. The zero-order valence-corrected chi connectivity index (χ0v) is 17.1. The van der Waals surface area contributed by atoms with Crippen molar-refractivity contribution < 1.29 is 14.0 Å². The van der Waals surface area contributed by atoms with Crippen molar-refractivity contribution in [2.24, 2.45) is 0 Å². The Morgan fingerprint density at radius 2 is 2.10 bits per heavy atom. The van der Waals surface area contributed by atoms with E-state index in [1.165, 1.54) is 7.05 Å². The Balaban J connectivity index is 1.49. The van der Waals surface area contributed by atoms with Crippen LogP contribution in [-0.4, -0.2) is 51.1 Å². The molecule has 1 amide bonds. The molecule has 1 aliphatic heterocycles. The number of aryl methyl sites for hydroxylation is 1. The highest BCUT2D eigenvalue weighted by Crippen LogP contribution is 2.22. The van der Waals surface area contributed by atoms with Gasteiger partial charge in [-0.2, -0.15) is 5.06 Å². The van der Waals surface area contributed by atoms with E-state index in [-0.39, 0.29) is 36.0 Å². The number of aromatic nitrogens is 4. The van der Waals surface area contributed by atoms with E-state index in [2.05, 4.69) is 25.3 Å². The number of hydroxylamine groups is 2. The van der Waals surface area contributed by atoms with Crippen LogP contribution in [0.2, 0.25) is 0 Å². The van der Waals surface area contributed by atoms with E-state index in [1.54, 1.807) is 29.6 Å². The Bertz CT molecular complexity index is 1220. The maximum Gasteiger partial charge on any atom is 0.288 e. The van der Waals surface area contributed by atoms with Gasteiger partial charge in [-0.15, -0.1) is 0 Å². The molecule has 0 radical (unpaired) electrons. The van der Waals surface area contributed by atoms with Crippen molar-refractivity contribution in [3.8, 4) is 0 Å². The van der Waals surface area contributed by atoms with Gasteiger partial charge in [0, 0.05) is 37.1 Å². The summed E-state index contributed by atoms with van der Waals surface area (Å²) in [5.74, 6) is -0.775. The van der Waals surface area contributed by atoms with Crippen molar-refractivity contribution in [1.82, 2.24) is 30.3 Å². The summed E-state index contributed by atoms with van der Waals surface area (Å²) in [4.78, 5) is 44.2. The number of nitrogens with one attached hydrogen (secondary N) is 2. The molecule has 3 heterocycles. The summed E-state index contributed by atoms with van der Waals surface area (Å²) in [5.41, 5.74) is 2.53. The predicted molar refractivity (Wildman–Crippen MR) is 111 cm³/mol. The lowest BCUT2D eigenvalue weighted by molar-refractivity contribution is -0.151. The first-order valence-electron chi connectivity index (χ1n) is 9.81. The fourth-order valence-corrected chi connectivity index (χ4v) is 3.27. The van der Waals surface area contributed by atoms with Crippen LogP contribution in [0.4, 0.5) is 4.39 Å². The number of halogens is 1. The molecule has 31 heavy (non-hydrogen) atoms. The number of amides is 1. The van der Waals surface area contributed by atoms with Crippen molar-refractivity contribution in [3.63, 3.8) is 0 Å². The smallest absolute Gasteiger partial charge is 0.288 e. The van der Waals surface area contributed by atoms with Crippen LogP contribution in [0.25, 0.3) is 16.6 Å². The molecule has 0 aliphatic carbocycles. The molecular formula is C21H21FN6O3. The van der Waals surface area contributed by atoms with Crippen LogP contribution in [-0.2, 0) is 17.8 Å². The predicted octanol–water partition coefficient (Wildman–Crippen LogP) is 1.60. The van der Waals surface area contributed by atoms with E-state index in [0.717, 1.165) is 11.1 Å². The first-order valence-corrected chi connectivity index (χ1v) is 9.81. The third-order valence-electron chi connectivity index (χ3n) is 5.03. The number of rotatable bonds is 5. The molecule has 10 heteroatoms. The largest absolute Gasteiger partial charge is 0.352 e. The number of hydrogen-bond acceptors (Lipinski definition) is 7. The summed E-state index contributed by atoms with van der Waals surface area (Å²) in [7, 11) is 1.51. The molecule has 2 N–H and O–H groups in total. The van der Waals surface area contributed by atoms with Crippen LogP contribution >= 0.6 is 0 Å². The Kier molecular flexibility index (Phi) is 5.83. The van der Waals surface area contributed by atoms with Gasteiger partial charge in [0.25, 0.3) is 11.5 Å². The summed E-state index contributed by atoms with van der Waals surface area (Å²) in [5, 5.41) is 4.09. The molecule has 1 aromatic carbocycles. The van der Waals surface area contributed by atoms with E-state index in [1.807, 2.05) is 13.0 Å². The molecule has 4 rings (SSSR count). The fourth-order valence-electron chi connectivity index (χ4n) is 3.27. The van der Waals surface area contributed by atoms with Crippen molar-refractivity contribution >= 4 is 22.5 Å². The highest BCUT2D eigenvalue weighted by molar-refractivity contribution is 5.90. The van der Waals surface area contributed by atoms with E-state index < -0.39 is 5.82 Å². The number of fused-ring (bicyclic) bond motifs is 1. The molecule has 0 saturated heterocycles. The van der Waals surface area contributed by atoms with E-state index in [9.17, 15) is 14.0 Å². The van der Waals surface area contributed by atoms with Crippen LogP contribution in [0, 0.1) is 5.82 Å². The Labute approximate surface area is 177 Å². The SMILES string of the molecule is CCc1nc2ccc(CN3CC=C(c4cnc(C(=O)NC)nc4)CO3)c(F)c2[nH]c1=O. The molecule has 160 valence electrons. The average Bonchev–Trinajstić information content (AvgIpc) is 2.81. The normalized spacial score (nSPS) is 14.5. The standard InChI is InChI=1S/C21H21FN6O3/c1-3-15-20(29)27-18-16(26-15)5-4-12(17(18)22)10-28-7-6-13(11-31-28)14-8-24-19(25-9-14)21(30)23-2/h4-6,8-9H,3,7,10-11H2,1-2H3,(H,23,30)(H,27,29). The van der Waals surface area contributed by atoms with Gasteiger partial charge in [0.2, 0.25) is 5.82 Å². The van der Waals surface area contributed by atoms with E-state index >= 15 is 0 Å². The highest BCUT2D eigenvalue weighted by atomic mass is 19.1. The van der Waals surface area contributed by atoms with E-state index in [0.29, 0.717) is 29.7 Å². The van der Waals surface area contributed by atoms with E-state index in [4.69, 9.17) is 4.84 Å². The number of nitrogens with zero attached hydrogens (tertiary/aromatic N) is 4. The minimum Gasteiger partial charge on any atom is -0.352 e. The van der Waals surface area contributed by atoms with Crippen molar-refractivity contribution in [3.05, 3.63) is 69.4 Å². The number of H-pyrrole nitrogens is 1. The lowest BCUT2D eigenvalue weighted by Crippen LogP contribution is -2.29. The number of hydrogen-bond donors (Lipinski definition) is 2. The van der Waals surface area contributed by atoms with Gasteiger partial charge in [-0.25, -0.2) is 19.3 Å².